The van der Waals surface area contributed by atoms with Crippen molar-refractivity contribution >= 4 is 0 Å². The Balaban J connectivity index is 2.37. The van der Waals surface area contributed by atoms with Gasteiger partial charge in [-0.2, -0.15) is 0 Å². The number of ether oxygens (including phenoxy) is 2. The average molecular weight is 306 g/mol. The maximum atomic E-state index is 8.67. The van der Waals surface area contributed by atoms with E-state index in [0.717, 1.165) is 28.7 Å². The highest BCUT2D eigenvalue weighted by Gasteiger charge is 2.12. The molecular weight excluding hydrogens is 288 g/mol. The molecule has 0 aliphatic heterocycles. The monoisotopic (exact) mass is 306 g/mol. The zero-order valence-corrected chi connectivity index (χ0v) is 13.7. The molecule has 4 nitrogen and oxygen atoms in total. The predicted molar refractivity (Wildman–Crippen MR) is 87.1 cm³/mol. The van der Waals surface area contributed by atoms with Gasteiger partial charge in [0.15, 0.2) is 0 Å². The second kappa shape index (κ2) is 6.85. The van der Waals surface area contributed by atoms with E-state index in [-0.39, 0.29) is 0 Å². The second-order valence-corrected chi connectivity index (χ2v) is 5.51. The van der Waals surface area contributed by atoms with Gasteiger partial charge in [0.05, 0.1) is 0 Å². The molecule has 0 fully saturated rings. The number of nitrogens with zero attached hydrogens (tertiary/aromatic N) is 2. The molecule has 2 aromatic rings. The fourth-order valence-corrected chi connectivity index (χ4v) is 2.61. The van der Waals surface area contributed by atoms with E-state index in [1.165, 1.54) is 11.1 Å². The van der Waals surface area contributed by atoms with Crippen LogP contribution in [0.5, 0.6) is 11.5 Å². The summed E-state index contributed by atoms with van der Waals surface area (Å²) in [4.78, 5) is 0. The third-order valence-electron chi connectivity index (χ3n) is 4.39. The van der Waals surface area contributed by atoms with Crippen molar-refractivity contribution in [1.82, 2.24) is 0 Å². The Morgan fingerprint density at radius 2 is 1.09 bits per heavy atom. The number of nitriles is 2. The minimum absolute atomic E-state index is 0.597. The third-order valence-corrected chi connectivity index (χ3v) is 4.39. The first-order chi connectivity index (χ1) is 11.0. The summed E-state index contributed by atoms with van der Waals surface area (Å²) in [5.41, 5.74) is 6.55. The third kappa shape index (κ3) is 3.27. The van der Waals surface area contributed by atoms with Crippen LogP contribution in [0.1, 0.15) is 33.4 Å². The van der Waals surface area contributed by atoms with E-state index in [0.29, 0.717) is 11.5 Å². The Labute approximate surface area is 136 Å². The first kappa shape index (κ1) is 16.4. The largest absolute Gasteiger partial charge is 0.388 e. The molecule has 0 amide bonds. The summed E-state index contributed by atoms with van der Waals surface area (Å²) in [6.45, 7) is 7.97. The summed E-state index contributed by atoms with van der Waals surface area (Å²) in [5, 5.41) is 17.3. The zero-order chi connectivity index (χ0) is 17.0. The SMILES string of the molecule is Cc1c(Cc2ccc(OC#N)c(C)c2C)ccc(OC#N)c1C. The fraction of sp³-hybridized carbons (Fsp3) is 0.263. The summed E-state index contributed by atoms with van der Waals surface area (Å²) >= 11 is 0. The van der Waals surface area contributed by atoms with Crippen LogP contribution in [0.4, 0.5) is 0 Å². The van der Waals surface area contributed by atoms with Crippen molar-refractivity contribution in [3.8, 4) is 24.0 Å². The normalized spacial score (nSPS) is 9.83. The van der Waals surface area contributed by atoms with Crippen molar-refractivity contribution in [3.05, 3.63) is 57.6 Å². The van der Waals surface area contributed by atoms with Gasteiger partial charge in [-0.1, -0.05) is 12.1 Å². The molecule has 0 radical (unpaired) electrons. The van der Waals surface area contributed by atoms with E-state index < -0.39 is 0 Å². The summed E-state index contributed by atoms with van der Waals surface area (Å²) in [6, 6.07) is 7.64. The Hall–Kier alpha value is -2.98. The molecule has 0 aliphatic carbocycles. The van der Waals surface area contributed by atoms with Crippen LogP contribution in [0.25, 0.3) is 0 Å². The van der Waals surface area contributed by atoms with Gasteiger partial charge in [-0.15, -0.1) is 10.5 Å². The van der Waals surface area contributed by atoms with Crippen LogP contribution < -0.4 is 9.47 Å². The highest BCUT2D eigenvalue weighted by atomic mass is 16.5. The van der Waals surface area contributed by atoms with Crippen LogP contribution in [-0.4, -0.2) is 0 Å². The summed E-state index contributed by atoms with van der Waals surface area (Å²) in [7, 11) is 0. The first-order valence-electron chi connectivity index (χ1n) is 7.29. The smallest absolute Gasteiger partial charge is 0.292 e. The zero-order valence-electron chi connectivity index (χ0n) is 13.7. The first-order valence-corrected chi connectivity index (χ1v) is 7.29. The summed E-state index contributed by atoms with van der Waals surface area (Å²) in [5.74, 6) is 1.19. The minimum Gasteiger partial charge on any atom is -0.388 e. The van der Waals surface area contributed by atoms with Crippen molar-refractivity contribution in [2.75, 3.05) is 0 Å². The molecule has 23 heavy (non-hydrogen) atoms. The van der Waals surface area contributed by atoms with Crippen LogP contribution in [0.15, 0.2) is 24.3 Å². The van der Waals surface area contributed by atoms with Crippen LogP contribution in [0.3, 0.4) is 0 Å². The van der Waals surface area contributed by atoms with Gasteiger partial charge in [0.2, 0.25) is 0 Å². The van der Waals surface area contributed by atoms with Gasteiger partial charge < -0.3 is 9.47 Å². The molecule has 0 aromatic heterocycles. The van der Waals surface area contributed by atoms with Crippen molar-refractivity contribution in [2.24, 2.45) is 0 Å². The van der Waals surface area contributed by atoms with E-state index in [1.807, 2.05) is 52.0 Å². The van der Waals surface area contributed by atoms with E-state index in [2.05, 4.69) is 0 Å². The molecule has 0 heterocycles. The molecule has 0 saturated carbocycles. The molecule has 0 N–H and O–H groups in total. The Morgan fingerprint density at radius 1 is 0.696 bits per heavy atom. The molecule has 0 saturated heterocycles. The van der Waals surface area contributed by atoms with Crippen molar-refractivity contribution in [3.63, 3.8) is 0 Å². The lowest BCUT2D eigenvalue weighted by atomic mass is 9.93. The standard InChI is InChI=1S/C19H18N2O2/c1-12-14(3)18(22-10-20)7-5-16(12)9-17-6-8-19(23-11-21)15(4)13(17)2/h5-8H,9H2,1-4H3. The molecular formula is C19H18N2O2. The summed E-state index contributed by atoms with van der Waals surface area (Å²) in [6.07, 6.45) is 4.21. The van der Waals surface area contributed by atoms with E-state index in [4.69, 9.17) is 20.0 Å². The van der Waals surface area contributed by atoms with Crippen molar-refractivity contribution < 1.29 is 9.47 Å². The molecule has 116 valence electrons. The molecule has 2 rings (SSSR count). The predicted octanol–water partition coefficient (Wildman–Crippen LogP) is 4.23. The highest BCUT2D eigenvalue weighted by molar-refractivity contribution is 5.49. The van der Waals surface area contributed by atoms with Crippen molar-refractivity contribution in [1.29, 1.82) is 10.5 Å². The lowest BCUT2D eigenvalue weighted by molar-refractivity contribution is 0.502. The molecule has 0 bridgehead atoms. The number of hydrogen-bond donors (Lipinski definition) is 0. The average Bonchev–Trinajstić information content (AvgIpc) is 2.54. The Bertz CT molecular complexity index is 757. The quantitative estimate of drug-likeness (QED) is 0.793. The van der Waals surface area contributed by atoms with Gasteiger partial charge in [-0.25, -0.2) is 0 Å². The van der Waals surface area contributed by atoms with Crippen LogP contribution in [0, 0.1) is 50.7 Å². The van der Waals surface area contributed by atoms with Gasteiger partial charge in [-0.05, 0) is 79.6 Å². The molecule has 0 unspecified atom stereocenters. The van der Waals surface area contributed by atoms with Gasteiger partial charge in [0.1, 0.15) is 11.5 Å². The Morgan fingerprint density at radius 3 is 1.43 bits per heavy atom. The summed E-state index contributed by atoms with van der Waals surface area (Å²) < 4.78 is 9.93. The van der Waals surface area contributed by atoms with Crippen LogP contribution in [-0.2, 0) is 6.42 Å². The maximum absolute atomic E-state index is 8.67. The number of rotatable bonds is 4. The fourth-order valence-electron chi connectivity index (χ4n) is 2.61. The molecule has 2 aromatic carbocycles. The van der Waals surface area contributed by atoms with E-state index >= 15 is 0 Å². The molecule has 0 aliphatic rings. The van der Waals surface area contributed by atoms with Gasteiger partial charge in [0.25, 0.3) is 12.5 Å². The highest BCUT2D eigenvalue weighted by Crippen LogP contribution is 2.29. The van der Waals surface area contributed by atoms with E-state index in [1.54, 1.807) is 12.5 Å². The molecule has 0 spiro atoms. The van der Waals surface area contributed by atoms with Crippen LogP contribution in [0.2, 0.25) is 0 Å². The van der Waals surface area contributed by atoms with Crippen molar-refractivity contribution in [2.45, 2.75) is 34.1 Å². The lowest BCUT2D eigenvalue weighted by Gasteiger charge is -2.15. The topological polar surface area (TPSA) is 66.0 Å². The Kier molecular flexibility index (Phi) is 4.88. The minimum atomic E-state index is 0.597. The lowest BCUT2D eigenvalue weighted by Crippen LogP contribution is -2.00. The molecule has 0 atom stereocenters. The van der Waals surface area contributed by atoms with Crippen LogP contribution >= 0.6 is 0 Å². The maximum Gasteiger partial charge on any atom is 0.292 e. The number of benzene rings is 2. The van der Waals surface area contributed by atoms with E-state index in [9.17, 15) is 0 Å². The second-order valence-electron chi connectivity index (χ2n) is 5.51. The molecule has 4 heteroatoms. The van der Waals surface area contributed by atoms with Gasteiger partial charge in [-0.3, -0.25) is 0 Å². The number of hydrogen-bond acceptors (Lipinski definition) is 4. The van der Waals surface area contributed by atoms with Gasteiger partial charge >= 0.3 is 0 Å². The van der Waals surface area contributed by atoms with Gasteiger partial charge in [0, 0.05) is 0 Å².